The van der Waals surface area contributed by atoms with Crippen molar-refractivity contribution in [3.63, 3.8) is 0 Å². The molecule has 0 saturated carbocycles. The molecule has 10 heteroatoms. The average Bonchev–Trinajstić information content (AvgIpc) is 3.17. The highest BCUT2D eigenvalue weighted by molar-refractivity contribution is 5.94. The smallest absolute Gasteiger partial charge is 0.406 e. The minimum absolute atomic E-state index is 0.0782. The summed E-state index contributed by atoms with van der Waals surface area (Å²) in [5.41, 5.74) is 1.20. The number of halogens is 3. The minimum Gasteiger partial charge on any atom is -0.490 e. The Labute approximate surface area is 183 Å². The van der Waals surface area contributed by atoms with Crippen LogP contribution in [0.3, 0.4) is 0 Å². The molecule has 2 aromatic heterocycles. The number of ether oxygens (including phenoxy) is 2. The van der Waals surface area contributed by atoms with E-state index in [1.807, 2.05) is 13.0 Å². The van der Waals surface area contributed by atoms with E-state index in [-0.39, 0.29) is 24.9 Å². The summed E-state index contributed by atoms with van der Waals surface area (Å²) in [6.07, 6.45) is 1.50. The van der Waals surface area contributed by atoms with Gasteiger partial charge in [0.05, 0.1) is 13.2 Å². The van der Waals surface area contributed by atoms with Gasteiger partial charge in [0.2, 0.25) is 0 Å². The van der Waals surface area contributed by atoms with Gasteiger partial charge in [0.1, 0.15) is 19.0 Å². The Balaban J connectivity index is 1.72. The van der Waals surface area contributed by atoms with Crippen molar-refractivity contribution in [3.05, 3.63) is 72.1 Å². The summed E-state index contributed by atoms with van der Waals surface area (Å²) in [7, 11) is 1.50. The third-order valence-corrected chi connectivity index (χ3v) is 4.48. The Morgan fingerprint density at radius 3 is 2.66 bits per heavy atom. The summed E-state index contributed by atoms with van der Waals surface area (Å²) in [5, 5.41) is 0. The van der Waals surface area contributed by atoms with Gasteiger partial charge in [-0.25, -0.2) is 4.98 Å². The van der Waals surface area contributed by atoms with Gasteiger partial charge in [-0.3, -0.25) is 9.78 Å². The van der Waals surface area contributed by atoms with Gasteiger partial charge in [0.25, 0.3) is 5.91 Å². The summed E-state index contributed by atoms with van der Waals surface area (Å²) < 4.78 is 50.6. The first-order valence-electron chi connectivity index (χ1n) is 9.87. The number of carbonyl (C=O) groups excluding carboxylic acids is 1. The summed E-state index contributed by atoms with van der Waals surface area (Å²) in [6, 6.07) is 8.46. The van der Waals surface area contributed by atoms with Crippen LogP contribution in [0.4, 0.5) is 13.2 Å². The van der Waals surface area contributed by atoms with Crippen molar-refractivity contribution in [2.75, 3.05) is 13.7 Å². The number of pyridine rings is 1. The largest absolute Gasteiger partial charge is 0.490 e. The molecule has 0 atom stereocenters. The maximum atomic E-state index is 12.9. The molecule has 1 amide bonds. The molecule has 0 aliphatic carbocycles. The zero-order valence-electron chi connectivity index (χ0n) is 17.7. The second kappa shape index (κ2) is 10.2. The minimum atomic E-state index is -4.38. The number of hydrogen-bond acceptors (Lipinski definition) is 5. The van der Waals surface area contributed by atoms with Crippen LogP contribution in [0.1, 0.15) is 28.7 Å². The van der Waals surface area contributed by atoms with Crippen molar-refractivity contribution in [1.29, 1.82) is 0 Å². The van der Waals surface area contributed by atoms with Gasteiger partial charge in [-0.15, -0.1) is 0 Å². The van der Waals surface area contributed by atoms with Crippen molar-refractivity contribution in [1.82, 2.24) is 19.4 Å². The van der Waals surface area contributed by atoms with Crippen LogP contribution in [0.5, 0.6) is 11.5 Å². The number of imidazole rings is 1. The Hall–Kier alpha value is -3.56. The predicted octanol–water partition coefficient (Wildman–Crippen LogP) is 4.09. The van der Waals surface area contributed by atoms with Crippen LogP contribution in [-0.2, 0) is 19.7 Å². The monoisotopic (exact) mass is 448 g/mol. The molecule has 0 fully saturated rings. The Morgan fingerprint density at radius 2 is 1.97 bits per heavy atom. The number of hydrogen-bond donors (Lipinski definition) is 0. The van der Waals surface area contributed by atoms with Gasteiger partial charge in [-0.05, 0) is 31.2 Å². The van der Waals surface area contributed by atoms with Gasteiger partial charge >= 0.3 is 6.18 Å². The fraction of sp³-hybridized carbons (Fsp3) is 0.318. The topological polar surface area (TPSA) is 69.5 Å². The van der Waals surface area contributed by atoms with E-state index < -0.39 is 12.7 Å². The van der Waals surface area contributed by atoms with E-state index in [9.17, 15) is 18.0 Å². The molecular formula is C22H23F3N4O3. The Bertz CT molecular complexity index is 1040. The van der Waals surface area contributed by atoms with E-state index in [2.05, 4.69) is 9.97 Å². The van der Waals surface area contributed by atoms with Crippen LogP contribution in [0.15, 0.2) is 55.1 Å². The van der Waals surface area contributed by atoms with Crippen molar-refractivity contribution in [2.45, 2.75) is 32.8 Å². The molecule has 0 aliphatic rings. The molecule has 0 unspecified atom stereocenters. The van der Waals surface area contributed by atoms with Crippen LogP contribution in [0.2, 0.25) is 0 Å². The second-order valence-electron chi connectivity index (χ2n) is 6.99. The van der Waals surface area contributed by atoms with Gasteiger partial charge in [-0.2, -0.15) is 13.2 Å². The second-order valence-corrected chi connectivity index (χ2v) is 6.99. The van der Waals surface area contributed by atoms with Crippen LogP contribution >= 0.6 is 0 Å². The first-order valence-corrected chi connectivity index (χ1v) is 9.87. The standard InChI is InChI=1S/C22H23F3N4O3/c1-3-31-19-11-17(6-7-18(19)32-14-16-5-4-8-26-12-16)21(30)28(2)13-20-27-9-10-29(20)15-22(23,24)25/h4-12H,3,13-15H2,1-2H3. The molecule has 0 bridgehead atoms. The lowest BCUT2D eigenvalue weighted by Gasteiger charge is -2.19. The van der Waals surface area contributed by atoms with E-state index in [1.165, 1.54) is 24.3 Å². The van der Waals surface area contributed by atoms with Crippen LogP contribution in [0.25, 0.3) is 0 Å². The summed E-state index contributed by atoms with van der Waals surface area (Å²) in [6.45, 7) is 1.22. The fourth-order valence-corrected chi connectivity index (χ4v) is 3.01. The molecule has 7 nitrogen and oxygen atoms in total. The van der Waals surface area contributed by atoms with E-state index in [4.69, 9.17) is 9.47 Å². The molecule has 2 heterocycles. The van der Waals surface area contributed by atoms with Gasteiger partial charge in [0, 0.05) is 43.0 Å². The molecule has 0 aliphatic heterocycles. The SMILES string of the molecule is CCOc1cc(C(=O)N(C)Cc2nccn2CC(F)(F)F)ccc1OCc1cccnc1. The molecule has 3 rings (SSSR count). The molecular weight excluding hydrogens is 425 g/mol. The fourth-order valence-electron chi connectivity index (χ4n) is 3.01. The van der Waals surface area contributed by atoms with E-state index >= 15 is 0 Å². The van der Waals surface area contributed by atoms with Crippen molar-refractivity contribution in [3.8, 4) is 11.5 Å². The quantitative estimate of drug-likeness (QED) is 0.493. The zero-order valence-corrected chi connectivity index (χ0v) is 17.7. The number of benzene rings is 1. The Morgan fingerprint density at radius 1 is 1.16 bits per heavy atom. The highest BCUT2D eigenvalue weighted by atomic mass is 19.4. The molecule has 0 N–H and O–H groups in total. The normalized spacial score (nSPS) is 11.3. The number of aromatic nitrogens is 3. The highest BCUT2D eigenvalue weighted by Gasteiger charge is 2.29. The van der Waals surface area contributed by atoms with Gasteiger partial charge < -0.3 is 18.9 Å². The number of alkyl halides is 3. The number of nitrogens with zero attached hydrogens (tertiary/aromatic N) is 4. The van der Waals surface area contributed by atoms with Crippen LogP contribution in [0, 0.1) is 0 Å². The van der Waals surface area contributed by atoms with E-state index in [1.54, 1.807) is 36.7 Å². The van der Waals surface area contributed by atoms with Crippen molar-refractivity contribution < 1.29 is 27.4 Å². The third-order valence-electron chi connectivity index (χ3n) is 4.48. The zero-order chi connectivity index (χ0) is 23.1. The maximum absolute atomic E-state index is 12.9. The molecule has 0 spiro atoms. The van der Waals surface area contributed by atoms with E-state index in [0.29, 0.717) is 23.7 Å². The summed E-state index contributed by atoms with van der Waals surface area (Å²) >= 11 is 0. The molecule has 170 valence electrons. The molecule has 32 heavy (non-hydrogen) atoms. The number of amides is 1. The van der Waals surface area contributed by atoms with Crippen LogP contribution in [-0.4, -0.2) is 45.2 Å². The summed E-state index contributed by atoms with van der Waals surface area (Å²) in [4.78, 5) is 22.2. The molecule has 3 aromatic rings. The Kier molecular flexibility index (Phi) is 7.34. The van der Waals surface area contributed by atoms with E-state index in [0.717, 1.165) is 10.1 Å². The van der Waals surface area contributed by atoms with Gasteiger partial charge in [-0.1, -0.05) is 6.07 Å². The average molecular weight is 448 g/mol. The van der Waals surface area contributed by atoms with Crippen LogP contribution < -0.4 is 9.47 Å². The lowest BCUT2D eigenvalue weighted by Crippen LogP contribution is -2.29. The first kappa shape index (κ1) is 23.1. The predicted molar refractivity (Wildman–Crippen MR) is 110 cm³/mol. The van der Waals surface area contributed by atoms with Gasteiger partial charge in [0.15, 0.2) is 11.5 Å². The first-order chi connectivity index (χ1) is 15.3. The maximum Gasteiger partial charge on any atom is 0.406 e. The highest BCUT2D eigenvalue weighted by Crippen LogP contribution is 2.30. The van der Waals surface area contributed by atoms with Crippen molar-refractivity contribution in [2.24, 2.45) is 0 Å². The lowest BCUT2D eigenvalue weighted by atomic mass is 10.1. The molecule has 1 aromatic carbocycles. The third kappa shape index (κ3) is 6.22. The molecule has 0 saturated heterocycles. The number of rotatable bonds is 9. The summed E-state index contributed by atoms with van der Waals surface area (Å²) in [5.74, 6) is 0.621. The number of carbonyl (C=O) groups is 1. The lowest BCUT2D eigenvalue weighted by molar-refractivity contribution is -0.141. The molecule has 0 radical (unpaired) electrons. The van der Waals surface area contributed by atoms with Crippen molar-refractivity contribution >= 4 is 5.91 Å².